The van der Waals surface area contributed by atoms with Crippen LogP contribution in [-0.4, -0.2) is 30.8 Å². The standard InChI is InChI=1S/C19H14N4O4/c1-10(16-20-14-9-5-4-8-13(14)17(24)21-16)23-18(25)12-7-3-2-6-11(12)15(22-23)19(26)27/h2-10H,1H3,(H,26,27)(H,20,21,24)/t10-/m0/s1. The number of carbonyl (C=O) groups is 1. The van der Waals surface area contributed by atoms with E-state index < -0.39 is 17.6 Å². The Hall–Kier alpha value is -3.81. The van der Waals surface area contributed by atoms with Gasteiger partial charge in [-0.2, -0.15) is 5.10 Å². The van der Waals surface area contributed by atoms with Gasteiger partial charge in [0.1, 0.15) is 11.9 Å². The van der Waals surface area contributed by atoms with Crippen molar-refractivity contribution in [2.75, 3.05) is 0 Å². The molecule has 0 amide bonds. The lowest BCUT2D eigenvalue weighted by atomic mass is 10.1. The Morgan fingerprint density at radius 3 is 2.37 bits per heavy atom. The van der Waals surface area contributed by atoms with Crippen molar-refractivity contribution in [1.82, 2.24) is 19.7 Å². The molecule has 27 heavy (non-hydrogen) atoms. The summed E-state index contributed by atoms with van der Waals surface area (Å²) in [7, 11) is 0. The van der Waals surface area contributed by atoms with Crippen LogP contribution in [0.1, 0.15) is 29.3 Å². The average Bonchev–Trinajstić information content (AvgIpc) is 2.67. The summed E-state index contributed by atoms with van der Waals surface area (Å²) in [4.78, 5) is 43.8. The number of rotatable bonds is 3. The number of carboxylic acid groups (broad SMARTS) is 1. The average molecular weight is 362 g/mol. The smallest absolute Gasteiger partial charge is 0.357 e. The molecule has 0 unspecified atom stereocenters. The van der Waals surface area contributed by atoms with Gasteiger partial charge in [-0.1, -0.05) is 30.3 Å². The first kappa shape index (κ1) is 16.6. The van der Waals surface area contributed by atoms with Gasteiger partial charge >= 0.3 is 5.97 Å². The number of benzene rings is 2. The van der Waals surface area contributed by atoms with E-state index >= 15 is 0 Å². The molecule has 0 aliphatic heterocycles. The minimum absolute atomic E-state index is 0.222. The van der Waals surface area contributed by atoms with E-state index in [4.69, 9.17) is 0 Å². The molecule has 0 fully saturated rings. The molecule has 0 bridgehead atoms. The molecule has 0 aliphatic rings. The molecular weight excluding hydrogens is 348 g/mol. The number of fused-ring (bicyclic) bond motifs is 2. The topological polar surface area (TPSA) is 118 Å². The summed E-state index contributed by atoms with van der Waals surface area (Å²) >= 11 is 0. The molecule has 134 valence electrons. The highest BCUT2D eigenvalue weighted by atomic mass is 16.4. The number of aromatic nitrogens is 4. The van der Waals surface area contributed by atoms with Crippen LogP contribution >= 0.6 is 0 Å². The Morgan fingerprint density at radius 1 is 1.04 bits per heavy atom. The van der Waals surface area contributed by atoms with E-state index in [9.17, 15) is 19.5 Å². The summed E-state index contributed by atoms with van der Waals surface area (Å²) in [6.45, 7) is 1.63. The van der Waals surface area contributed by atoms with Crippen LogP contribution in [0.2, 0.25) is 0 Å². The van der Waals surface area contributed by atoms with Crippen LogP contribution in [0.3, 0.4) is 0 Å². The number of hydrogen-bond acceptors (Lipinski definition) is 5. The SMILES string of the molecule is C[C@@H](c1nc2ccccc2c(=O)[nH]1)n1nc(C(=O)O)c2ccccc2c1=O. The molecule has 0 aliphatic carbocycles. The van der Waals surface area contributed by atoms with Crippen LogP contribution in [0.4, 0.5) is 0 Å². The van der Waals surface area contributed by atoms with Gasteiger partial charge in [0.15, 0.2) is 5.69 Å². The van der Waals surface area contributed by atoms with Gasteiger partial charge in [0.2, 0.25) is 0 Å². The van der Waals surface area contributed by atoms with Gasteiger partial charge in [-0.15, -0.1) is 0 Å². The lowest BCUT2D eigenvalue weighted by Gasteiger charge is -2.15. The second kappa shape index (κ2) is 6.17. The summed E-state index contributed by atoms with van der Waals surface area (Å²) < 4.78 is 1.04. The van der Waals surface area contributed by atoms with Crippen molar-refractivity contribution in [2.45, 2.75) is 13.0 Å². The zero-order valence-electron chi connectivity index (χ0n) is 14.2. The van der Waals surface area contributed by atoms with Crippen molar-refractivity contribution >= 4 is 27.6 Å². The Bertz CT molecular complexity index is 1320. The van der Waals surface area contributed by atoms with Crippen molar-refractivity contribution in [1.29, 1.82) is 0 Å². The lowest BCUT2D eigenvalue weighted by molar-refractivity contribution is 0.0689. The third kappa shape index (κ3) is 2.67. The van der Waals surface area contributed by atoms with E-state index in [-0.39, 0.29) is 27.9 Å². The quantitative estimate of drug-likeness (QED) is 0.575. The molecule has 0 spiro atoms. The summed E-state index contributed by atoms with van der Waals surface area (Å²) in [5.41, 5.74) is -0.552. The van der Waals surface area contributed by atoms with Crippen molar-refractivity contribution in [3.63, 3.8) is 0 Å². The number of carboxylic acids is 1. The Balaban J connectivity index is 1.97. The van der Waals surface area contributed by atoms with Crippen molar-refractivity contribution < 1.29 is 9.90 Å². The first-order chi connectivity index (χ1) is 13.0. The number of aromatic carboxylic acids is 1. The maximum Gasteiger partial charge on any atom is 0.357 e. The van der Waals surface area contributed by atoms with Gasteiger partial charge in [-0.3, -0.25) is 9.59 Å². The molecule has 8 heteroatoms. The van der Waals surface area contributed by atoms with Crippen molar-refractivity contribution in [3.8, 4) is 0 Å². The molecule has 0 saturated heterocycles. The first-order valence-electron chi connectivity index (χ1n) is 8.21. The summed E-state index contributed by atoms with van der Waals surface area (Å²) in [6, 6.07) is 12.5. The number of para-hydroxylation sites is 1. The maximum atomic E-state index is 12.9. The first-order valence-corrected chi connectivity index (χ1v) is 8.21. The molecule has 0 saturated carbocycles. The monoisotopic (exact) mass is 362 g/mol. The fourth-order valence-electron chi connectivity index (χ4n) is 3.05. The normalized spacial score (nSPS) is 12.3. The van der Waals surface area contributed by atoms with E-state index in [0.29, 0.717) is 10.9 Å². The maximum absolute atomic E-state index is 12.9. The zero-order chi connectivity index (χ0) is 19.1. The second-order valence-corrected chi connectivity index (χ2v) is 6.09. The highest BCUT2D eigenvalue weighted by Crippen LogP contribution is 2.17. The third-order valence-electron chi connectivity index (χ3n) is 4.42. The molecule has 4 rings (SSSR count). The third-order valence-corrected chi connectivity index (χ3v) is 4.42. The van der Waals surface area contributed by atoms with Crippen molar-refractivity contribution in [2.24, 2.45) is 0 Å². The number of nitrogens with zero attached hydrogens (tertiary/aromatic N) is 3. The van der Waals surface area contributed by atoms with Crippen LogP contribution in [0.25, 0.3) is 21.7 Å². The molecular formula is C19H14N4O4. The van der Waals surface area contributed by atoms with E-state index in [1.807, 2.05) is 0 Å². The number of aromatic amines is 1. The second-order valence-electron chi connectivity index (χ2n) is 6.09. The molecule has 2 N–H and O–H groups in total. The summed E-state index contributed by atoms with van der Waals surface area (Å²) in [6.07, 6.45) is 0. The lowest BCUT2D eigenvalue weighted by Crippen LogP contribution is -2.31. The fraction of sp³-hybridized carbons (Fsp3) is 0.105. The van der Waals surface area contributed by atoms with E-state index in [1.165, 1.54) is 0 Å². The molecule has 8 nitrogen and oxygen atoms in total. The minimum Gasteiger partial charge on any atom is -0.476 e. The molecule has 0 radical (unpaired) electrons. The Morgan fingerprint density at radius 2 is 1.67 bits per heavy atom. The van der Waals surface area contributed by atoms with Crippen LogP contribution in [0, 0.1) is 0 Å². The van der Waals surface area contributed by atoms with Gasteiger partial charge < -0.3 is 10.1 Å². The van der Waals surface area contributed by atoms with Crippen LogP contribution < -0.4 is 11.1 Å². The van der Waals surface area contributed by atoms with E-state index in [2.05, 4.69) is 15.1 Å². The van der Waals surface area contributed by atoms with Gasteiger partial charge in [-0.25, -0.2) is 14.5 Å². The number of hydrogen-bond donors (Lipinski definition) is 2. The summed E-state index contributed by atoms with van der Waals surface area (Å²) in [5.74, 6) is -1.02. The predicted molar refractivity (Wildman–Crippen MR) is 99.1 cm³/mol. The predicted octanol–water partition coefficient (Wildman–Crippen LogP) is 1.94. The molecule has 4 aromatic rings. The van der Waals surface area contributed by atoms with Crippen LogP contribution in [0.15, 0.2) is 58.1 Å². The van der Waals surface area contributed by atoms with E-state index in [0.717, 1.165) is 4.68 Å². The van der Waals surface area contributed by atoms with Crippen molar-refractivity contribution in [3.05, 3.63) is 80.8 Å². The van der Waals surface area contributed by atoms with Gasteiger partial charge in [0, 0.05) is 5.39 Å². The van der Waals surface area contributed by atoms with E-state index in [1.54, 1.807) is 55.5 Å². The molecule has 2 aromatic heterocycles. The highest BCUT2D eigenvalue weighted by Gasteiger charge is 2.21. The Labute approximate surface area is 151 Å². The molecule has 2 aromatic carbocycles. The fourth-order valence-corrected chi connectivity index (χ4v) is 3.05. The Kier molecular flexibility index (Phi) is 3.80. The number of nitrogens with one attached hydrogen (secondary N) is 1. The zero-order valence-corrected chi connectivity index (χ0v) is 14.2. The largest absolute Gasteiger partial charge is 0.476 e. The number of H-pyrrole nitrogens is 1. The van der Waals surface area contributed by atoms with Gasteiger partial charge in [-0.05, 0) is 25.1 Å². The van der Waals surface area contributed by atoms with Gasteiger partial charge in [0.25, 0.3) is 11.1 Å². The van der Waals surface area contributed by atoms with Crippen LogP contribution in [0.5, 0.6) is 0 Å². The summed E-state index contributed by atoms with van der Waals surface area (Å²) in [5, 5.41) is 14.4. The molecule has 2 heterocycles. The van der Waals surface area contributed by atoms with Crippen LogP contribution in [-0.2, 0) is 0 Å². The van der Waals surface area contributed by atoms with Gasteiger partial charge in [0.05, 0.1) is 16.3 Å². The molecule has 1 atom stereocenters. The minimum atomic E-state index is -1.24. The highest BCUT2D eigenvalue weighted by molar-refractivity contribution is 6.01.